The van der Waals surface area contributed by atoms with Crippen molar-refractivity contribution in [2.24, 2.45) is 11.8 Å². The fourth-order valence-corrected chi connectivity index (χ4v) is 4.39. The third-order valence-corrected chi connectivity index (χ3v) is 6.00. The third-order valence-electron chi connectivity index (χ3n) is 5.10. The van der Waals surface area contributed by atoms with Crippen LogP contribution >= 0.6 is 11.8 Å². The van der Waals surface area contributed by atoms with Crippen molar-refractivity contribution in [2.75, 3.05) is 5.75 Å². The first-order valence-electron chi connectivity index (χ1n) is 9.45. The molecule has 2 nitrogen and oxygen atoms in total. The highest BCUT2D eigenvalue weighted by Gasteiger charge is 2.24. The van der Waals surface area contributed by atoms with Crippen LogP contribution in [0.3, 0.4) is 0 Å². The first-order valence-corrected chi connectivity index (χ1v) is 10.4. The zero-order chi connectivity index (χ0) is 16.2. The molecule has 1 aliphatic carbocycles. The van der Waals surface area contributed by atoms with Crippen LogP contribution in [0.4, 0.5) is 0 Å². The highest BCUT2D eigenvalue weighted by Crippen LogP contribution is 2.36. The van der Waals surface area contributed by atoms with Crippen LogP contribution in [0.15, 0.2) is 0 Å². The molecule has 0 bridgehead atoms. The van der Waals surface area contributed by atoms with Crippen molar-refractivity contribution in [1.29, 1.82) is 0 Å². The number of thioether (sulfide) groups is 1. The van der Waals surface area contributed by atoms with Crippen LogP contribution in [0.2, 0.25) is 0 Å². The van der Waals surface area contributed by atoms with Gasteiger partial charge in [-0.2, -0.15) is 0 Å². The van der Waals surface area contributed by atoms with E-state index in [1.165, 1.54) is 69.5 Å². The molecule has 0 aromatic carbocycles. The first-order chi connectivity index (χ1) is 10.6. The fraction of sp³-hybridized carbons (Fsp3) is 0.947. The summed E-state index contributed by atoms with van der Waals surface area (Å²) in [5.74, 6) is 2.63. The molecule has 1 saturated carbocycles. The molecule has 22 heavy (non-hydrogen) atoms. The summed E-state index contributed by atoms with van der Waals surface area (Å²) in [5.41, 5.74) is 0. The molecule has 0 amide bonds. The van der Waals surface area contributed by atoms with Crippen molar-refractivity contribution in [3.63, 3.8) is 0 Å². The van der Waals surface area contributed by atoms with Crippen LogP contribution in [0, 0.1) is 11.8 Å². The van der Waals surface area contributed by atoms with Gasteiger partial charge in [0.2, 0.25) is 0 Å². The number of aliphatic hydroxyl groups is 1. The summed E-state index contributed by atoms with van der Waals surface area (Å²) in [7, 11) is 0. The first kappa shape index (κ1) is 20.0. The average molecular weight is 329 g/mol. The van der Waals surface area contributed by atoms with E-state index in [1.54, 1.807) is 6.92 Å². The summed E-state index contributed by atoms with van der Waals surface area (Å²) in [6.07, 6.45) is 14.9. The molecule has 3 heteroatoms. The van der Waals surface area contributed by atoms with Gasteiger partial charge in [-0.05, 0) is 37.5 Å². The van der Waals surface area contributed by atoms with Crippen molar-refractivity contribution < 1.29 is 9.90 Å². The molecule has 1 rings (SSSR count). The quantitative estimate of drug-likeness (QED) is 0.503. The van der Waals surface area contributed by atoms with Gasteiger partial charge in [0.05, 0.1) is 6.10 Å². The van der Waals surface area contributed by atoms with E-state index in [1.807, 2.05) is 0 Å². The van der Waals surface area contributed by atoms with Gasteiger partial charge in [-0.15, -0.1) is 0 Å². The van der Waals surface area contributed by atoms with Crippen LogP contribution in [0.1, 0.15) is 90.9 Å². The van der Waals surface area contributed by atoms with E-state index >= 15 is 0 Å². The minimum atomic E-state index is -0.161. The Morgan fingerprint density at radius 3 is 2.41 bits per heavy atom. The highest BCUT2D eigenvalue weighted by molar-refractivity contribution is 8.13. The molecule has 3 atom stereocenters. The Labute approximate surface area is 141 Å². The standard InChI is InChI=1S/C19H36O2S/c1-3-4-5-9-17-10-6-7-11-18(17)13-14-19(21)12-8-15-22-16(2)20/h17-19,21H,3-15H2,1-2H3. The molecule has 1 aliphatic rings. The van der Waals surface area contributed by atoms with E-state index in [0.29, 0.717) is 0 Å². The molecular weight excluding hydrogens is 292 g/mol. The number of aliphatic hydroxyl groups excluding tert-OH is 1. The van der Waals surface area contributed by atoms with Crippen LogP contribution < -0.4 is 0 Å². The molecule has 0 aromatic heterocycles. The molecule has 0 aliphatic heterocycles. The SMILES string of the molecule is CCCCCC1CCCCC1CCC(O)CCCSC(C)=O. The Morgan fingerprint density at radius 2 is 1.77 bits per heavy atom. The lowest BCUT2D eigenvalue weighted by Crippen LogP contribution is -2.21. The van der Waals surface area contributed by atoms with Crippen LogP contribution in [-0.4, -0.2) is 22.1 Å². The number of unbranched alkanes of at least 4 members (excludes halogenated alkanes) is 2. The van der Waals surface area contributed by atoms with Crippen LogP contribution in [-0.2, 0) is 4.79 Å². The Hall–Kier alpha value is -0.0200. The number of hydrogen-bond acceptors (Lipinski definition) is 3. The van der Waals surface area contributed by atoms with Gasteiger partial charge in [0.25, 0.3) is 0 Å². The lowest BCUT2D eigenvalue weighted by molar-refractivity contribution is -0.109. The Balaban J connectivity index is 2.17. The largest absolute Gasteiger partial charge is 0.393 e. The average Bonchev–Trinajstić information content (AvgIpc) is 2.50. The van der Waals surface area contributed by atoms with Crippen molar-refractivity contribution in [3.8, 4) is 0 Å². The normalized spacial score (nSPS) is 23.4. The minimum Gasteiger partial charge on any atom is -0.393 e. The van der Waals surface area contributed by atoms with E-state index < -0.39 is 0 Å². The molecule has 0 heterocycles. The Morgan fingerprint density at radius 1 is 1.09 bits per heavy atom. The van der Waals surface area contributed by atoms with Gasteiger partial charge in [-0.25, -0.2) is 0 Å². The van der Waals surface area contributed by atoms with Gasteiger partial charge in [0, 0.05) is 12.7 Å². The third kappa shape index (κ3) is 9.19. The van der Waals surface area contributed by atoms with Gasteiger partial charge in [-0.1, -0.05) is 70.1 Å². The summed E-state index contributed by atoms with van der Waals surface area (Å²) in [4.78, 5) is 10.9. The predicted molar refractivity (Wildman–Crippen MR) is 97.2 cm³/mol. The van der Waals surface area contributed by atoms with Gasteiger partial charge in [-0.3, -0.25) is 4.79 Å². The summed E-state index contributed by atoms with van der Waals surface area (Å²) >= 11 is 1.38. The fourth-order valence-electron chi connectivity index (χ4n) is 3.79. The van der Waals surface area contributed by atoms with Gasteiger partial charge in [0.1, 0.15) is 0 Å². The summed E-state index contributed by atoms with van der Waals surface area (Å²) in [6.45, 7) is 3.89. The maximum Gasteiger partial charge on any atom is 0.185 e. The molecule has 3 unspecified atom stereocenters. The Kier molecular flexibility index (Phi) is 11.3. The van der Waals surface area contributed by atoms with Crippen molar-refractivity contribution in [1.82, 2.24) is 0 Å². The summed E-state index contributed by atoms with van der Waals surface area (Å²) in [5, 5.41) is 10.3. The van der Waals surface area contributed by atoms with E-state index in [4.69, 9.17) is 0 Å². The molecule has 1 N–H and O–H groups in total. The van der Waals surface area contributed by atoms with Gasteiger partial charge in [0.15, 0.2) is 5.12 Å². The molecule has 1 fully saturated rings. The van der Waals surface area contributed by atoms with Crippen molar-refractivity contribution in [3.05, 3.63) is 0 Å². The van der Waals surface area contributed by atoms with Crippen LogP contribution in [0.5, 0.6) is 0 Å². The van der Waals surface area contributed by atoms with E-state index in [9.17, 15) is 9.90 Å². The second kappa shape index (κ2) is 12.4. The highest BCUT2D eigenvalue weighted by atomic mass is 32.2. The number of carbonyl (C=O) groups excluding carboxylic acids is 1. The number of rotatable bonds is 11. The Bertz CT molecular complexity index is 293. The predicted octanol–water partition coefficient (Wildman–Crippen LogP) is 5.57. The van der Waals surface area contributed by atoms with Crippen LogP contribution in [0.25, 0.3) is 0 Å². The number of hydrogen-bond donors (Lipinski definition) is 1. The van der Waals surface area contributed by atoms with Gasteiger partial charge < -0.3 is 5.11 Å². The number of carbonyl (C=O) groups is 1. The molecule has 0 radical (unpaired) electrons. The van der Waals surface area contributed by atoms with Crippen molar-refractivity contribution >= 4 is 16.9 Å². The van der Waals surface area contributed by atoms with Crippen molar-refractivity contribution in [2.45, 2.75) is 97.0 Å². The second-order valence-corrected chi connectivity index (χ2v) is 8.29. The molecule has 130 valence electrons. The maximum atomic E-state index is 10.9. The molecule has 0 aromatic rings. The molecule has 0 saturated heterocycles. The zero-order valence-electron chi connectivity index (χ0n) is 14.7. The lowest BCUT2D eigenvalue weighted by atomic mass is 9.74. The summed E-state index contributed by atoms with van der Waals surface area (Å²) < 4.78 is 0. The summed E-state index contributed by atoms with van der Waals surface area (Å²) in [6, 6.07) is 0. The monoisotopic (exact) mass is 328 g/mol. The zero-order valence-corrected chi connectivity index (χ0v) is 15.5. The van der Waals surface area contributed by atoms with E-state index in [-0.39, 0.29) is 11.2 Å². The van der Waals surface area contributed by atoms with E-state index in [0.717, 1.165) is 36.9 Å². The smallest absolute Gasteiger partial charge is 0.185 e. The molecular formula is C19H36O2S. The molecule has 0 spiro atoms. The van der Waals surface area contributed by atoms with E-state index in [2.05, 4.69) is 6.92 Å². The maximum absolute atomic E-state index is 10.9. The topological polar surface area (TPSA) is 37.3 Å². The minimum absolute atomic E-state index is 0.161. The lowest BCUT2D eigenvalue weighted by Gasteiger charge is -2.32. The van der Waals surface area contributed by atoms with Gasteiger partial charge >= 0.3 is 0 Å². The second-order valence-electron chi connectivity index (χ2n) is 7.01.